The minimum Gasteiger partial charge on any atom is -0.379 e. The molecule has 59 heavy (non-hydrogen) atoms. The van der Waals surface area contributed by atoms with E-state index in [2.05, 4.69) is 121 Å². The summed E-state index contributed by atoms with van der Waals surface area (Å²) >= 11 is 0. The van der Waals surface area contributed by atoms with Crippen molar-refractivity contribution in [2.75, 3.05) is 79.7 Å². The van der Waals surface area contributed by atoms with Crippen LogP contribution in [0.15, 0.2) is 0 Å². The minimum atomic E-state index is -1.28. The molecule has 4 aliphatic rings. The number of nitrogens with zero attached hydrogens (tertiary/aromatic N) is 5. The molecule has 348 valence electrons. The summed E-state index contributed by atoms with van der Waals surface area (Å²) in [5, 5.41) is 0. The van der Waals surface area contributed by atoms with Gasteiger partial charge in [-0.25, -0.2) is 13.2 Å². The van der Waals surface area contributed by atoms with Crippen molar-refractivity contribution in [3.63, 3.8) is 0 Å². The molecule has 0 radical (unpaired) electrons. The Kier molecular flexibility index (Phi) is 16.1. The molecule has 0 spiro atoms. The van der Waals surface area contributed by atoms with Crippen LogP contribution in [-0.2, 0) is 4.74 Å². The molecular formula is C49H95F3N6O. The number of likely N-dealkylation sites (tertiary alicyclic amines) is 3. The first-order valence-corrected chi connectivity index (χ1v) is 23.9. The van der Waals surface area contributed by atoms with E-state index in [1.165, 1.54) is 0 Å². The van der Waals surface area contributed by atoms with Crippen LogP contribution in [-0.4, -0.2) is 156 Å². The van der Waals surface area contributed by atoms with Gasteiger partial charge in [0.05, 0.1) is 13.2 Å². The second-order valence-corrected chi connectivity index (χ2v) is 25.0. The number of halogens is 3. The van der Waals surface area contributed by atoms with E-state index in [4.69, 9.17) is 10.5 Å². The quantitative estimate of drug-likeness (QED) is 0.139. The maximum absolute atomic E-state index is 17.4. The summed E-state index contributed by atoms with van der Waals surface area (Å²) < 4.78 is 56.3. The number of alkyl halides is 3. The highest BCUT2D eigenvalue weighted by Crippen LogP contribution is 2.52. The second kappa shape index (κ2) is 18.5. The summed E-state index contributed by atoms with van der Waals surface area (Å²) in [5.41, 5.74) is 1.16. The molecule has 10 heteroatoms. The van der Waals surface area contributed by atoms with Crippen molar-refractivity contribution in [3.05, 3.63) is 0 Å². The van der Waals surface area contributed by atoms with Gasteiger partial charge in [-0.05, 0) is 149 Å². The zero-order chi connectivity index (χ0) is 44.7. The summed E-state index contributed by atoms with van der Waals surface area (Å²) in [6, 6.07) is 0.296. The third kappa shape index (κ3) is 12.6. The van der Waals surface area contributed by atoms with Crippen molar-refractivity contribution in [2.45, 2.75) is 219 Å². The average Bonchev–Trinajstić information content (AvgIpc) is 3.82. The Morgan fingerprint density at radius 3 is 1.61 bits per heavy atom. The molecule has 1 unspecified atom stereocenters. The van der Waals surface area contributed by atoms with Crippen molar-refractivity contribution in [2.24, 2.45) is 22.0 Å². The Morgan fingerprint density at radius 2 is 1.10 bits per heavy atom. The average molecular weight is 841 g/mol. The normalized spacial score (nSPS) is 32.8. The molecule has 4 heterocycles. The topological polar surface area (TPSA) is 51.5 Å². The molecule has 4 fully saturated rings. The number of morpholine rings is 1. The summed E-state index contributed by atoms with van der Waals surface area (Å²) in [6.07, 6.45) is 7.72. The zero-order valence-corrected chi connectivity index (χ0v) is 41.4. The van der Waals surface area contributed by atoms with Crippen molar-refractivity contribution in [1.29, 1.82) is 0 Å². The van der Waals surface area contributed by atoms with Gasteiger partial charge in [-0.2, -0.15) is 0 Å². The van der Waals surface area contributed by atoms with Gasteiger partial charge in [0.1, 0.15) is 17.0 Å². The Bertz CT molecular complexity index is 1340. The maximum atomic E-state index is 17.4. The van der Waals surface area contributed by atoms with Crippen LogP contribution >= 0.6 is 0 Å². The van der Waals surface area contributed by atoms with E-state index >= 15 is 13.2 Å². The van der Waals surface area contributed by atoms with Gasteiger partial charge < -0.3 is 15.4 Å². The van der Waals surface area contributed by atoms with Gasteiger partial charge in [0.25, 0.3) is 0 Å². The number of hydrogen-bond acceptors (Lipinski definition) is 7. The lowest BCUT2D eigenvalue weighted by atomic mass is 9.71. The largest absolute Gasteiger partial charge is 0.379 e. The zero-order valence-electron chi connectivity index (χ0n) is 41.4. The lowest BCUT2D eigenvalue weighted by Gasteiger charge is -2.50. The summed E-state index contributed by atoms with van der Waals surface area (Å²) in [7, 11) is 4.08. The van der Waals surface area contributed by atoms with E-state index in [0.29, 0.717) is 64.7 Å². The molecule has 0 aromatic heterocycles. The standard InChI is InChI=1S/C49H95F3N6O/c1-17-46(14,58-37-49(52,32-38(58)41(2,3)4)24-27-55-28-30-59-31-29-55)21-19-44(10,11)40-34-48(51,23-26-54(15)16)36-57(40)45(12,13)20-18-43(8,9)39-33-47(50,22-25-53)35-56(39)42(5,6)7/h38-40H,17-37,53H2,1-16H3/t38-,39-,40-,46?,47+,48+,49+/m0/s1. The van der Waals surface area contributed by atoms with E-state index in [1.807, 2.05) is 14.1 Å². The van der Waals surface area contributed by atoms with Crippen LogP contribution < -0.4 is 5.73 Å². The molecule has 0 aliphatic carbocycles. The van der Waals surface area contributed by atoms with Gasteiger partial charge in [0, 0.05) is 80.6 Å². The Labute approximate surface area is 362 Å². The van der Waals surface area contributed by atoms with Crippen molar-refractivity contribution < 1.29 is 17.9 Å². The molecule has 4 aliphatic heterocycles. The molecule has 0 aromatic carbocycles. The number of ether oxygens (including phenoxy) is 1. The Balaban J connectivity index is 1.56. The van der Waals surface area contributed by atoms with Gasteiger partial charge in [-0.15, -0.1) is 0 Å². The third-order valence-electron chi connectivity index (χ3n) is 16.3. The molecule has 0 amide bonds. The maximum Gasteiger partial charge on any atom is 0.126 e. The lowest BCUT2D eigenvalue weighted by Crippen LogP contribution is -2.55. The summed E-state index contributed by atoms with van der Waals surface area (Å²) in [4.78, 5) is 12.0. The highest BCUT2D eigenvalue weighted by molar-refractivity contribution is 5.11. The molecule has 0 saturated carbocycles. The smallest absolute Gasteiger partial charge is 0.126 e. The van der Waals surface area contributed by atoms with Gasteiger partial charge in [0.2, 0.25) is 0 Å². The molecule has 4 saturated heterocycles. The Hall–Kier alpha value is -0.490. The minimum absolute atomic E-state index is 0.0558. The second-order valence-electron chi connectivity index (χ2n) is 25.0. The van der Waals surface area contributed by atoms with Crippen LogP contribution in [0.2, 0.25) is 0 Å². The molecular weight excluding hydrogens is 746 g/mol. The first-order valence-electron chi connectivity index (χ1n) is 23.9. The molecule has 7 atom stereocenters. The van der Waals surface area contributed by atoms with E-state index in [1.54, 1.807) is 0 Å². The summed E-state index contributed by atoms with van der Waals surface area (Å²) in [5.74, 6) is 0. The molecule has 2 N–H and O–H groups in total. The molecule has 0 aromatic rings. The highest BCUT2D eigenvalue weighted by atomic mass is 19.2. The predicted molar refractivity (Wildman–Crippen MR) is 244 cm³/mol. The van der Waals surface area contributed by atoms with Crippen LogP contribution in [0.5, 0.6) is 0 Å². The van der Waals surface area contributed by atoms with Crippen LogP contribution in [0.1, 0.15) is 168 Å². The molecule has 0 bridgehead atoms. The monoisotopic (exact) mass is 841 g/mol. The van der Waals surface area contributed by atoms with Gasteiger partial charge in [-0.1, -0.05) is 55.4 Å². The predicted octanol–water partition coefficient (Wildman–Crippen LogP) is 9.76. The van der Waals surface area contributed by atoms with E-state index in [9.17, 15) is 0 Å². The van der Waals surface area contributed by atoms with Crippen molar-refractivity contribution >= 4 is 0 Å². The van der Waals surface area contributed by atoms with Gasteiger partial charge >= 0.3 is 0 Å². The van der Waals surface area contributed by atoms with E-state index < -0.39 is 17.0 Å². The fourth-order valence-corrected chi connectivity index (χ4v) is 11.5. The molecule has 4 rings (SSSR count). The Morgan fingerprint density at radius 1 is 0.627 bits per heavy atom. The van der Waals surface area contributed by atoms with Crippen LogP contribution in [0, 0.1) is 16.2 Å². The lowest BCUT2D eigenvalue weighted by molar-refractivity contribution is -0.0118. The van der Waals surface area contributed by atoms with Crippen molar-refractivity contribution in [3.8, 4) is 0 Å². The summed E-state index contributed by atoms with van der Waals surface area (Å²) in [6.45, 7) is 38.7. The van der Waals surface area contributed by atoms with Crippen LogP contribution in [0.25, 0.3) is 0 Å². The van der Waals surface area contributed by atoms with Gasteiger partial charge in [-0.3, -0.25) is 19.6 Å². The number of rotatable bonds is 19. The SMILES string of the molecule is CCC(C)(CCC(C)(C)[C@@H]1C[C@](F)(CCN(C)C)CN1C(C)(C)CCC(C)(C)[C@@H]1C[C@](F)(CCN)CN1C(C)(C)C)N1C[C@@](F)(CCN2CCOCC2)C[C@H]1C(C)(C)C. The van der Waals surface area contributed by atoms with Gasteiger partial charge in [0.15, 0.2) is 0 Å². The fourth-order valence-electron chi connectivity index (χ4n) is 11.5. The third-order valence-corrected chi connectivity index (χ3v) is 16.3. The van der Waals surface area contributed by atoms with Crippen LogP contribution in [0.4, 0.5) is 13.2 Å². The highest BCUT2D eigenvalue weighted by Gasteiger charge is 2.57. The van der Waals surface area contributed by atoms with Crippen molar-refractivity contribution in [1.82, 2.24) is 24.5 Å². The number of hydrogen-bond donors (Lipinski definition) is 1. The first kappa shape index (κ1) is 51.1. The first-order chi connectivity index (χ1) is 26.8. The van der Waals surface area contributed by atoms with Crippen LogP contribution in [0.3, 0.4) is 0 Å². The fraction of sp³-hybridized carbons (Fsp3) is 1.00. The van der Waals surface area contributed by atoms with E-state index in [0.717, 1.165) is 71.5 Å². The molecule has 7 nitrogen and oxygen atoms in total. The number of nitrogens with two attached hydrogens (primary N) is 1. The van der Waals surface area contributed by atoms with E-state index in [-0.39, 0.29) is 51.0 Å².